The lowest BCUT2D eigenvalue weighted by atomic mass is 10.2. The summed E-state index contributed by atoms with van der Waals surface area (Å²) in [6.45, 7) is 0.976. The van der Waals surface area contributed by atoms with Crippen LogP contribution in [-0.2, 0) is 9.59 Å². The van der Waals surface area contributed by atoms with E-state index in [0.717, 1.165) is 0 Å². The van der Waals surface area contributed by atoms with E-state index >= 15 is 0 Å². The Morgan fingerprint density at radius 3 is 2.29 bits per heavy atom. The van der Waals surface area contributed by atoms with Gasteiger partial charge in [-0.15, -0.1) is 0 Å². The second-order valence-electron chi connectivity index (χ2n) is 3.50. The van der Waals surface area contributed by atoms with Crippen molar-refractivity contribution in [3.63, 3.8) is 0 Å². The van der Waals surface area contributed by atoms with E-state index in [0.29, 0.717) is 5.69 Å². The molecule has 2 N–H and O–H groups in total. The van der Waals surface area contributed by atoms with E-state index in [9.17, 15) is 9.59 Å². The standard InChI is InChI=1S/C10H13N3O4/c1-7(8-4-11-2-3-12-8)13(5-9(14)15)6-10(16)17/h2-4,7H,5-6H2,1H3,(H,14,15)(H,16,17). The maximum absolute atomic E-state index is 10.7. The third-order valence-electron chi connectivity index (χ3n) is 2.24. The monoisotopic (exact) mass is 239 g/mol. The van der Waals surface area contributed by atoms with Gasteiger partial charge in [-0.05, 0) is 6.92 Å². The third-order valence-corrected chi connectivity index (χ3v) is 2.24. The molecule has 1 aromatic rings. The summed E-state index contributed by atoms with van der Waals surface area (Å²) in [6.07, 6.45) is 4.46. The van der Waals surface area contributed by atoms with Crippen molar-refractivity contribution in [1.29, 1.82) is 0 Å². The van der Waals surface area contributed by atoms with E-state index in [1.165, 1.54) is 23.5 Å². The molecule has 0 radical (unpaired) electrons. The number of hydrogen-bond donors (Lipinski definition) is 2. The van der Waals surface area contributed by atoms with Gasteiger partial charge < -0.3 is 10.2 Å². The van der Waals surface area contributed by atoms with Crippen molar-refractivity contribution in [1.82, 2.24) is 14.9 Å². The molecule has 0 aliphatic heterocycles. The van der Waals surface area contributed by atoms with Crippen molar-refractivity contribution in [2.24, 2.45) is 0 Å². The molecule has 7 nitrogen and oxygen atoms in total. The summed E-state index contributed by atoms with van der Waals surface area (Å²) >= 11 is 0. The van der Waals surface area contributed by atoms with E-state index in [1.54, 1.807) is 6.92 Å². The van der Waals surface area contributed by atoms with Crippen molar-refractivity contribution in [3.8, 4) is 0 Å². The molecule has 0 saturated carbocycles. The van der Waals surface area contributed by atoms with E-state index < -0.39 is 18.0 Å². The van der Waals surface area contributed by atoms with Gasteiger partial charge in [-0.1, -0.05) is 0 Å². The molecule has 0 aliphatic rings. The predicted octanol–water partition coefficient (Wildman–Crippen LogP) is 0.00880. The van der Waals surface area contributed by atoms with E-state index in [-0.39, 0.29) is 13.1 Å². The minimum atomic E-state index is -1.08. The largest absolute Gasteiger partial charge is 0.480 e. The molecule has 0 saturated heterocycles. The van der Waals surface area contributed by atoms with Crippen LogP contribution in [0.3, 0.4) is 0 Å². The van der Waals surface area contributed by atoms with Crippen LogP contribution >= 0.6 is 0 Å². The zero-order valence-electron chi connectivity index (χ0n) is 9.28. The fraction of sp³-hybridized carbons (Fsp3) is 0.400. The fourth-order valence-electron chi connectivity index (χ4n) is 1.39. The van der Waals surface area contributed by atoms with Crippen molar-refractivity contribution in [3.05, 3.63) is 24.3 Å². The van der Waals surface area contributed by atoms with Crippen LogP contribution in [0.15, 0.2) is 18.6 Å². The topological polar surface area (TPSA) is 104 Å². The molecule has 0 aliphatic carbocycles. The summed E-state index contributed by atoms with van der Waals surface area (Å²) in [6, 6.07) is -0.420. The number of nitrogens with zero attached hydrogens (tertiary/aromatic N) is 3. The molecular formula is C10H13N3O4. The van der Waals surface area contributed by atoms with Crippen LogP contribution in [0.4, 0.5) is 0 Å². The minimum absolute atomic E-state index is 0.357. The summed E-state index contributed by atoms with van der Waals surface area (Å²) in [5.41, 5.74) is 0.537. The number of carboxylic acid groups (broad SMARTS) is 2. The Hall–Kier alpha value is -2.02. The highest BCUT2D eigenvalue weighted by molar-refractivity contribution is 5.72. The lowest BCUT2D eigenvalue weighted by Gasteiger charge is -2.24. The number of hydrogen-bond acceptors (Lipinski definition) is 5. The Labute approximate surface area is 97.7 Å². The fourth-order valence-corrected chi connectivity index (χ4v) is 1.39. The van der Waals surface area contributed by atoms with Gasteiger partial charge in [0.2, 0.25) is 0 Å². The van der Waals surface area contributed by atoms with Crippen LogP contribution < -0.4 is 0 Å². The molecule has 17 heavy (non-hydrogen) atoms. The van der Waals surface area contributed by atoms with Crippen LogP contribution in [0.5, 0.6) is 0 Å². The minimum Gasteiger partial charge on any atom is -0.480 e. The first-order chi connectivity index (χ1) is 8.00. The maximum atomic E-state index is 10.7. The molecule has 1 aromatic heterocycles. The lowest BCUT2D eigenvalue weighted by molar-refractivity contribution is -0.142. The number of aromatic nitrogens is 2. The SMILES string of the molecule is CC(c1cnccn1)N(CC(=O)O)CC(=O)O. The molecule has 92 valence electrons. The molecule has 1 rings (SSSR count). The first kappa shape index (κ1) is 13.0. The van der Waals surface area contributed by atoms with Crippen molar-refractivity contribution >= 4 is 11.9 Å². The zero-order chi connectivity index (χ0) is 12.8. The normalized spacial score (nSPS) is 12.4. The molecule has 0 spiro atoms. The summed E-state index contributed by atoms with van der Waals surface area (Å²) in [4.78, 5) is 30.5. The van der Waals surface area contributed by atoms with Crippen LogP contribution in [0.25, 0.3) is 0 Å². The first-order valence-electron chi connectivity index (χ1n) is 4.94. The highest BCUT2D eigenvalue weighted by atomic mass is 16.4. The molecule has 7 heteroatoms. The van der Waals surface area contributed by atoms with E-state index in [2.05, 4.69) is 9.97 Å². The van der Waals surface area contributed by atoms with E-state index in [4.69, 9.17) is 10.2 Å². The third kappa shape index (κ3) is 4.15. The Morgan fingerprint density at radius 2 is 1.88 bits per heavy atom. The second-order valence-corrected chi connectivity index (χ2v) is 3.50. The van der Waals surface area contributed by atoms with Gasteiger partial charge in [-0.25, -0.2) is 0 Å². The Balaban J connectivity index is 2.82. The molecule has 1 atom stereocenters. The number of carbonyl (C=O) groups is 2. The van der Waals surface area contributed by atoms with Crippen molar-refractivity contribution in [2.45, 2.75) is 13.0 Å². The molecule has 0 fully saturated rings. The predicted molar refractivity (Wildman–Crippen MR) is 57.3 cm³/mol. The van der Waals surface area contributed by atoms with Crippen molar-refractivity contribution < 1.29 is 19.8 Å². The molecule has 1 unspecified atom stereocenters. The highest BCUT2D eigenvalue weighted by Gasteiger charge is 2.21. The van der Waals surface area contributed by atoms with Gasteiger partial charge in [0.1, 0.15) is 0 Å². The molecular weight excluding hydrogens is 226 g/mol. The Bertz CT molecular complexity index is 380. The van der Waals surface area contributed by atoms with Gasteiger partial charge in [0, 0.05) is 18.6 Å². The van der Waals surface area contributed by atoms with Crippen LogP contribution in [-0.4, -0.2) is 50.1 Å². The van der Waals surface area contributed by atoms with Crippen molar-refractivity contribution in [2.75, 3.05) is 13.1 Å². The highest BCUT2D eigenvalue weighted by Crippen LogP contribution is 2.16. The summed E-state index contributed by atoms with van der Waals surface area (Å²) in [7, 11) is 0. The summed E-state index contributed by atoms with van der Waals surface area (Å²) in [5.74, 6) is -2.16. The Morgan fingerprint density at radius 1 is 1.29 bits per heavy atom. The summed E-state index contributed by atoms with van der Waals surface area (Å²) in [5, 5.41) is 17.4. The average molecular weight is 239 g/mol. The lowest BCUT2D eigenvalue weighted by Crippen LogP contribution is -2.36. The molecule has 0 bridgehead atoms. The van der Waals surface area contributed by atoms with Gasteiger partial charge >= 0.3 is 11.9 Å². The maximum Gasteiger partial charge on any atom is 0.317 e. The number of aliphatic carboxylic acids is 2. The average Bonchev–Trinajstić information content (AvgIpc) is 2.27. The van der Waals surface area contributed by atoms with Crippen LogP contribution in [0.1, 0.15) is 18.7 Å². The quantitative estimate of drug-likeness (QED) is 0.720. The molecule has 0 aromatic carbocycles. The second kappa shape index (κ2) is 5.90. The van der Waals surface area contributed by atoms with Crippen LogP contribution in [0, 0.1) is 0 Å². The van der Waals surface area contributed by atoms with Gasteiger partial charge in [-0.3, -0.25) is 24.5 Å². The zero-order valence-corrected chi connectivity index (χ0v) is 9.28. The first-order valence-corrected chi connectivity index (χ1v) is 4.94. The van der Waals surface area contributed by atoms with E-state index in [1.807, 2.05) is 0 Å². The number of carboxylic acids is 2. The Kier molecular flexibility index (Phi) is 4.53. The van der Waals surface area contributed by atoms with Gasteiger partial charge in [0.05, 0.1) is 24.8 Å². The van der Waals surface area contributed by atoms with Gasteiger partial charge in [-0.2, -0.15) is 0 Å². The van der Waals surface area contributed by atoms with Gasteiger partial charge in [0.15, 0.2) is 0 Å². The smallest absolute Gasteiger partial charge is 0.317 e. The van der Waals surface area contributed by atoms with Crippen LogP contribution in [0.2, 0.25) is 0 Å². The van der Waals surface area contributed by atoms with Gasteiger partial charge in [0.25, 0.3) is 0 Å². The molecule has 1 heterocycles. The number of rotatable bonds is 6. The summed E-state index contributed by atoms with van der Waals surface area (Å²) < 4.78 is 0. The molecule has 0 amide bonds.